The minimum absolute atomic E-state index is 0.360. The molecule has 2 heterocycles. The Labute approximate surface area is 117 Å². The molecule has 94 valence electrons. The van der Waals surface area contributed by atoms with Gasteiger partial charge in [0.25, 0.3) is 5.91 Å². The summed E-state index contributed by atoms with van der Waals surface area (Å²) < 4.78 is 2.61. The Bertz CT molecular complexity index is 764. The van der Waals surface area contributed by atoms with Crippen molar-refractivity contribution >= 4 is 27.5 Å². The molecule has 0 bridgehead atoms. The van der Waals surface area contributed by atoms with Crippen LogP contribution in [0.3, 0.4) is 0 Å². The fourth-order valence-corrected chi connectivity index (χ4v) is 2.20. The van der Waals surface area contributed by atoms with Crippen molar-refractivity contribution in [2.45, 2.75) is 0 Å². The molecule has 0 radical (unpaired) electrons. The number of amides is 1. The molecule has 0 fully saturated rings. The van der Waals surface area contributed by atoms with Crippen molar-refractivity contribution in [2.24, 2.45) is 5.73 Å². The normalized spacial score (nSPS) is 10.8. The maximum atomic E-state index is 11.3. The quantitative estimate of drug-likeness (QED) is 0.788. The van der Waals surface area contributed by atoms with Crippen molar-refractivity contribution in [3.05, 3.63) is 52.8 Å². The smallest absolute Gasteiger partial charge is 0.252 e. The van der Waals surface area contributed by atoms with Gasteiger partial charge in [0.2, 0.25) is 0 Å². The SMILES string of the molecule is NC(=O)c1ccc(-c2ccc(Br)cc2)n2ncnc12. The zero-order valence-corrected chi connectivity index (χ0v) is 11.3. The highest BCUT2D eigenvalue weighted by atomic mass is 79.9. The lowest BCUT2D eigenvalue weighted by atomic mass is 10.1. The fourth-order valence-electron chi connectivity index (χ4n) is 1.94. The number of pyridine rings is 1. The second-order valence-electron chi connectivity index (χ2n) is 4.00. The van der Waals surface area contributed by atoms with Gasteiger partial charge in [0, 0.05) is 10.0 Å². The van der Waals surface area contributed by atoms with Gasteiger partial charge in [0.05, 0.1) is 11.3 Å². The van der Waals surface area contributed by atoms with Gasteiger partial charge in [-0.25, -0.2) is 9.50 Å². The monoisotopic (exact) mass is 316 g/mol. The lowest BCUT2D eigenvalue weighted by Gasteiger charge is -2.06. The molecule has 0 saturated heterocycles. The largest absolute Gasteiger partial charge is 0.365 e. The van der Waals surface area contributed by atoms with Crippen LogP contribution in [0.2, 0.25) is 0 Å². The number of hydrogen-bond acceptors (Lipinski definition) is 3. The number of rotatable bonds is 2. The highest BCUT2D eigenvalue weighted by Crippen LogP contribution is 2.23. The van der Waals surface area contributed by atoms with Crippen LogP contribution >= 0.6 is 15.9 Å². The van der Waals surface area contributed by atoms with Gasteiger partial charge in [0.1, 0.15) is 6.33 Å². The summed E-state index contributed by atoms with van der Waals surface area (Å²) in [6, 6.07) is 11.3. The standard InChI is InChI=1S/C13H9BrN4O/c14-9-3-1-8(2-4-9)11-6-5-10(12(15)19)13-16-7-17-18(11)13/h1-7H,(H2,15,19). The molecule has 0 aliphatic rings. The number of benzene rings is 1. The Morgan fingerprint density at radius 1 is 1.16 bits per heavy atom. The van der Waals surface area contributed by atoms with E-state index >= 15 is 0 Å². The van der Waals surface area contributed by atoms with Crippen LogP contribution in [0.15, 0.2) is 47.2 Å². The molecular weight excluding hydrogens is 308 g/mol. The summed E-state index contributed by atoms with van der Waals surface area (Å²) in [6.07, 6.45) is 1.41. The Balaban J connectivity index is 2.26. The van der Waals surface area contributed by atoms with Crippen LogP contribution in [0, 0.1) is 0 Å². The Morgan fingerprint density at radius 2 is 1.89 bits per heavy atom. The summed E-state index contributed by atoms with van der Waals surface area (Å²) in [5, 5.41) is 4.15. The second-order valence-corrected chi connectivity index (χ2v) is 4.91. The first-order chi connectivity index (χ1) is 9.16. The van der Waals surface area contributed by atoms with E-state index in [4.69, 9.17) is 5.73 Å². The van der Waals surface area contributed by atoms with Gasteiger partial charge in [-0.3, -0.25) is 4.79 Å². The molecule has 1 amide bonds. The molecule has 0 aliphatic carbocycles. The molecule has 2 aromatic heterocycles. The summed E-state index contributed by atoms with van der Waals surface area (Å²) in [5.74, 6) is -0.514. The lowest BCUT2D eigenvalue weighted by molar-refractivity contribution is 0.100. The molecule has 1 aromatic carbocycles. The van der Waals surface area contributed by atoms with E-state index in [2.05, 4.69) is 26.0 Å². The van der Waals surface area contributed by atoms with Gasteiger partial charge in [-0.2, -0.15) is 5.10 Å². The highest BCUT2D eigenvalue weighted by molar-refractivity contribution is 9.10. The van der Waals surface area contributed by atoms with Crippen LogP contribution in [0.25, 0.3) is 16.9 Å². The highest BCUT2D eigenvalue weighted by Gasteiger charge is 2.12. The number of nitrogens with two attached hydrogens (primary N) is 1. The molecule has 6 heteroatoms. The minimum atomic E-state index is -0.514. The number of hydrogen-bond donors (Lipinski definition) is 1. The number of carbonyl (C=O) groups is 1. The van der Waals surface area contributed by atoms with Crippen molar-refractivity contribution in [1.29, 1.82) is 0 Å². The summed E-state index contributed by atoms with van der Waals surface area (Å²) >= 11 is 3.39. The molecule has 19 heavy (non-hydrogen) atoms. The first-order valence-corrected chi connectivity index (χ1v) is 6.34. The van der Waals surface area contributed by atoms with Crippen LogP contribution in [0.4, 0.5) is 0 Å². The van der Waals surface area contributed by atoms with Crippen LogP contribution in [-0.4, -0.2) is 20.5 Å². The molecule has 0 spiro atoms. The van der Waals surface area contributed by atoms with E-state index < -0.39 is 5.91 Å². The summed E-state index contributed by atoms with van der Waals surface area (Å²) in [6.45, 7) is 0. The third-order valence-corrected chi connectivity index (χ3v) is 3.36. The summed E-state index contributed by atoms with van der Waals surface area (Å²) in [7, 11) is 0. The molecule has 2 N–H and O–H groups in total. The number of primary amides is 1. The van der Waals surface area contributed by atoms with E-state index in [-0.39, 0.29) is 0 Å². The van der Waals surface area contributed by atoms with E-state index in [9.17, 15) is 4.79 Å². The van der Waals surface area contributed by atoms with Gasteiger partial charge in [-0.15, -0.1) is 0 Å². The van der Waals surface area contributed by atoms with E-state index in [1.165, 1.54) is 6.33 Å². The summed E-state index contributed by atoms with van der Waals surface area (Å²) in [5.41, 5.74) is 7.98. The molecule has 5 nitrogen and oxygen atoms in total. The molecule has 0 atom stereocenters. The average molecular weight is 317 g/mol. The number of fused-ring (bicyclic) bond motifs is 1. The van der Waals surface area contributed by atoms with Crippen LogP contribution in [0.5, 0.6) is 0 Å². The predicted molar refractivity (Wildman–Crippen MR) is 74.6 cm³/mol. The van der Waals surface area contributed by atoms with E-state index in [0.717, 1.165) is 15.7 Å². The van der Waals surface area contributed by atoms with Crippen molar-refractivity contribution in [2.75, 3.05) is 0 Å². The molecule has 3 aromatic rings. The number of carbonyl (C=O) groups excluding carboxylic acids is 1. The molecule has 0 saturated carbocycles. The first kappa shape index (κ1) is 11.9. The third kappa shape index (κ3) is 2.00. The predicted octanol–water partition coefficient (Wildman–Crippen LogP) is 2.26. The van der Waals surface area contributed by atoms with Crippen LogP contribution < -0.4 is 5.73 Å². The lowest BCUT2D eigenvalue weighted by Crippen LogP contribution is -2.13. The van der Waals surface area contributed by atoms with Crippen molar-refractivity contribution < 1.29 is 4.79 Å². The minimum Gasteiger partial charge on any atom is -0.365 e. The molecule has 3 rings (SSSR count). The number of nitrogens with zero attached hydrogens (tertiary/aromatic N) is 3. The van der Waals surface area contributed by atoms with E-state index in [0.29, 0.717) is 11.2 Å². The zero-order chi connectivity index (χ0) is 13.4. The van der Waals surface area contributed by atoms with Crippen molar-refractivity contribution in [3.63, 3.8) is 0 Å². The number of aromatic nitrogens is 3. The molecule has 0 aliphatic heterocycles. The topological polar surface area (TPSA) is 73.3 Å². The maximum Gasteiger partial charge on any atom is 0.252 e. The van der Waals surface area contributed by atoms with E-state index in [1.807, 2.05) is 30.3 Å². The third-order valence-electron chi connectivity index (χ3n) is 2.83. The fraction of sp³-hybridized carbons (Fsp3) is 0. The zero-order valence-electron chi connectivity index (χ0n) is 9.75. The van der Waals surface area contributed by atoms with Gasteiger partial charge >= 0.3 is 0 Å². The van der Waals surface area contributed by atoms with Gasteiger partial charge < -0.3 is 5.73 Å². The second kappa shape index (κ2) is 4.47. The summed E-state index contributed by atoms with van der Waals surface area (Å²) in [4.78, 5) is 15.4. The Hall–Kier alpha value is -2.21. The van der Waals surface area contributed by atoms with Crippen LogP contribution in [0.1, 0.15) is 10.4 Å². The van der Waals surface area contributed by atoms with Crippen molar-refractivity contribution in [3.8, 4) is 11.3 Å². The molecular formula is C13H9BrN4O. The van der Waals surface area contributed by atoms with Crippen LogP contribution in [-0.2, 0) is 0 Å². The van der Waals surface area contributed by atoms with Gasteiger partial charge in [-0.1, -0.05) is 28.1 Å². The Morgan fingerprint density at radius 3 is 2.58 bits per heavy atom. The first-order valence-electron chi connectivity index (χ1n) is 5.55. The number of halogens is 1. The maximum absolute atomic E-state index is 11.3. The van der Waals surface area contributed by atoms with E-state index in [1.54, 1.807) is 10.6 Å². The molecule has 0 unspecified atom stereocenters. The van der Waals surface area contributed by atoms with Gasteiger partial charge in [0.15, 0.2) is 5.65 Å². The van der Waals surface area contributed by atoms with Crippen molar-refractivity contribution in [1.82, 2.24) is 14.6 Å². The average Bonchev–Trinajstić information content (AvgIpc) is 2.87. The Kier molecular flexibility index (Phi) is 2.79. The van der Waals surface area contributed by atoms with Gasteiger partial charge in [-0.05, 0) is 24.3 Å².